The number of methoxy groups -OCH3 is 6. The van der Waals surface area contributed by atoms with Crippen molar-refractivity contribution in [1.29, 1.82) is 0 Å². The Labute approximate surface area is 509 Å². The number of para-hydroxylation sites is 3. The van der Waals surface area contributed by atoms with Crippen molar-refractivity contribution in [3.8, 4) is 74.4 Å². The fourth-order valence-electron chi connectivity index (χ4n) is 9.15. The second kappa shape index (κ2) is 27.8. The first kappa shape index (κ1) is 60.8. The number of amides is 1. The molecule has 5 aromatic carbocycles. The number of carbonyl (C=O) groups excluding carboxylic acids is 1. The van der Waals surface area contributed by atoms with Crippen molar-refractivity contribution in [2.75, 3.05) is 58.6 Å². The number of nitrogens with zero attached hydrogens (tertiary/aromatic N) is 14. The van der Waals surface area contributed by atoms with E-state index in [1.54, 1.807) is 86.7 Å². The molecule has 2 aliphatic rings. The second-order valence-electron chi connectivity index (χ2n) is 19.6. The van der Waals surface area contributed by atoms with Crippen molar-refractivity contribution in [2.45, 2.75) is 19.1 Å². The van der Waals surface area contributed by atoms with Gasteiger partial charge in [0.2, 0.25) is 5.91 Å². The van der Waals surface area contributed by atoms with E-state index in [1.807, 2.05) is 85.9 Å². The first-order valence-electron chi connectivity index (χ1n) is 27.4. The average Bonchev–Trinajstić information content (AvgIpc) is 3.61. The van der Waals surface area contributed by atoms with Gasteiger partial charge in [-0.15, -0.1) is 20.4 Å². The predicted molar refractivity (Wildman–Crippen MR) is 328 cm³/mol. The summed E-state index contributed by atoms with van der Waals surface area (Å²) in [5.41, 5.74) is 13.7. The van der Waals surface area contributed by atoms with Gasteiger partial charge in [0.25, 0.3) is 11.8 Å². The summed E-state index contributed by atoms with van der Waals surface area (Å²) in [6.07, 6.45) is 8.23. The van der Waals surface area contributed by atoms with Crippen molar-refractivity contribution in [3.63, 3.8) is 0 Å². The van der Waals surface area contributed by atoms with Crippen LogP contribution in [0.2, 0.25) is 0 Å². The summed E-state index contributed by atoms with van der Waals surface area (Å²) in [4.78, 5) is 29.8. The number of aryl methyl sites for hydroxylation is 3. The highest BCUT2D eigenvalue weighted by Gasteiger charge is 2.30. The number of aliphatic imine (C=N–C) groups is 1. The molecule has 89 heavy (non-hydrogen) atoms. The van der Waals surface area contributed by atoms with Gasteiger partial charge >= 0.3 is 0 Å². The van der Waals surface area contributed by atoms with Crippen LogP contribution in [0.15, 0.2) is 145 Å². The van der Waals surface area contributed by atoms with Gasteiger partial charge in [0.1, 0.15) is 53.4 Å². The topological polar surface area (TPSA) is 289 Å². The lowest BCUT2D eigenvalue weighted by Crippen LogP contribution is -2.49. The molecule has 0 radical (unpaired) electrons. The number of anilines is 5. The summed E-state index contributed by atoms with van der Waals surface area (Å²) < 4.78 is 66.3. The van der Waals surface area contributed by atoms with E-state index >= 15 is 0 Å². The maximum absolute atomic E-state index is 14.2. The van der Waals surface area contributed by atoms with E-state index < -0.39 is 17.9 Å². The molecule has 1 atom stereocenters. The Kier molecular flexibility index (Phi) is 19.0. The Morgan fingerprint density at radius 2 is 1.08 bits per heavy atom. The first-order valence-corrected chi connectivity index (χ1v) is 27.4. The molecule has 12 rings (SSSR count). The summed E-state index contributed by atoms with van der Waals surface area (Å²) in [5, 5.41) is 38.1. The lowest BCUT2D eigenvalue weighted by atomic mass is 10.1. The van der Waals surface area contributed by atoms with Crippen LogP contribution < -0.4 is 50.5 Å². The molecule has 1 saturated carbocycles. The van der Waals surface area contributed by atoms with E-state index in [0.29, 0.717) is 74.5 Å². The number of ether oxygens (including phenoxy) is 6. The van der Waals surface area contributed by atoms with E-state index in [1.165, 1.54) is 33.5 Å². The highest BCUT2D eigenvalue weighted by molar-refractivity contribution is 6.06. The molecule has 10 aromatic rings. The maximum Gasteiger partial charge on any atom is 0.257 e. The van der Waals surface area contributed by atoms with Gasteiger partial charge in [0, 0.05) is 40.2 Å². The number of carbonyl (C=O) groups is 1. The van der Waals surface area contributed by atoms with Crippen molar-refractivity contribution < 1.29 is 42.0 Å². The van der Waals surface area contributed by atoms with Crippen LogP contribution in [0.25, 0.3) is 51.1 Å². The lowest BCUT2D eigenvalue weighted by Gasteiger charge is -2.26. The van der Waals surface area contributed by atoms with Crippen molar-refractivity contribution >= 4 is 51.6 Å². The largest absolute Gasteiger partial charge is 0.494 e. The number of hydrogen-bond acceptors (Lipinski definition) is 22. The molecule has 1 unspecified atom stereocenters. The summed E-state index contributed by atoms with van der Waals surface area (Å²) in [7, 11) is 14.7. The van der Waals surface area contributed by atoms with Gasteiger partial charge in [-0.2, -0.15) is 15.3 Å². The molecule has 28 heteroatoms. The molecule has 456 valence electrons. The molecule has 0 saturated heterocycles. The van der Waals surface area contributed by atoms with Crippen LogP contribution in [-0.2, 0) is 30.7 Å². The van der Waals surface area contributed by atoms with Crippen LogP contribution in [0.5, 0.6) is 29.0 Å². The number of aromatic nitrogens is 13. The molecule has 6 heterocycles. The third-order valence-corrected chi connectivity index (χ3v) is 13.5. The second-order valence-corrected chi connectivity index (χ2v) is 19.6. The Morgan fingerprint density at radius 3 is 1.57 bits per heavy atom. The number of nitrogens with one attached hydrogen (secondary N) is 5. The van der Waals surface area contributed by atoms with Gasteiger partial charge in [-0.1, -0.05) is 54.6 Å². The number of rotatable bonds is 18. The van der Waals surface area contributed by atoms with Crippen LogP contribution in [0.1, 0.15) is 18.4 Å². The van der Waals surface area contributed by atoms with Crippen molar-refractivity contribution in [2.24, 2.45) is 32.1 Å². The number of halogens is 2. The maximum atomic E-state index is 14.2. The van der Waals surface area contributed by atoms with E-state index in [-0.39, 0.29) is 34.8 Å². The van der Waals surface area contributed by atoms with E-state index in [2.05, 4.69) is 77.4 Å². The standard InChI is InChI=1S/C21H18F2N6O2.C21H22N6O2.C19H21N7O3/c1-29-11-24-20(28-29)12-6-4-9-15(19(12)30-2)25-17-10-16(26-27-21(17)31-3)18-13(22)7-5-8-14(18)23;1-27-13-22-20(26-27)15-10-7-11-16(19(15)28-2)23-18-12-17(24-25-21(18)29-3)14-8-5-4-6-9-14;1-26-10-20-17(25-26)12-5-4-6-13(16(12)28-2)21-14-9-15(23-24-19(14)29-3)22-18(27)11-7-8-11/h4-11H,1-3H3,(H,25,26);4-13,21,24-25H,1-3H3;4-6,9-11H,7-8H2,1-3H3,(H2,21,22,23,27). The fraction of sp³-hybridized carbons (Fsp3) is 0.213. The highest BCUT2D eigenvalue weighted by Crippen LogP contribution is 2.42. The molecule has 1 aliphatic carbocycles. The average molecular weight is 1210 g/mol. The van der Waals surface area contributed by atoms with E-state index in [4.69, 9.17) is 33.4 Å². The Balaban J connectivity index is 0.000000147. The van der Waals surface area contributed by atoms with Crippen molar-refractivity contribution in [1.82, 2.24) is 75.5 Å². The van der Waals surface area contributed by atoms with Gasteiger partial charge < -0.3 is 49.8 Å². The molecule has 26 nitrogen and oxygen atoms in total. The zero-order chi connectivity index (χ0) is 62.6. The number of hydrazine groups is 1. The summed E-state index contributed by atoms with van der Waals surface area (Å²) in [5.74, 6) is 2.59. The van der Waals surface area contributed by atoms with Crippen LogP contribution in [0.3, 0.4) is 0 Å². The zero-order valence-corrected chi connectivity index (χ0v) is 49.7. The van der Waals surface area contributed by atoms with Gasteiger partial charge in [-0.3, -0.25) is 18.8 Å². The predicted octanol–water partition coefficient (Wildman–Crippen LogP) is 9.04. The van der Waals surface area contributed by atoms with Crippen molar-refractivity contribution in [3.05, 3.63) is 158 Å². The lowest BCUT2D eigenvalue weighted by molar-refractivity contribution is -0.117. The Bertz CT molecular complexity index is 4170. The summed E-state index contributed by atoms with van der Waals surface area (Å²) in [6.45, 7) is 0. The Hall–Kier alpha value is -11.3. The molecule has 0 spiro atoms. The van der Waals surface area contributed by atoms with Crippen LogP contribution in [0, 0.1) is 17.6 Å². The highest BCUT2D eigenvalue weighted by atomic mass is 19.1. The zero-order valence-electron chi connectivity index (χ0n) is 49.7. The molecule has 5 aromatic heterocycles. The SMILES string of the molecule is COc1c(N=C2C=C(c3ccccc3)NNC2OC)cccc1-c1ncn(C)n1.COc1nnc(-c2c(F)cccc2F)cc1Nc1cccc(-c2ncn(C)n2)c1OC.COc1nnc(NC(=O)C2CC2)cc1Nc1cccc(-c2ncn(C)n2)c1OC. The van der Waals surface area contributed by atoms with Crippen LogP contribution in [0.4, 0.5) is 43.0 Å². The fourth-order valence-corrected chi connectivity index (χ4v) is 9.15. The molecule has 1 amide bonds. The number of benzene rings is 5. The summed E-state index contributed by atoms with van der Waals surface area (Å²) in [6, 6.07) is 33.5. The Morgan fingerprint density at radius 1 is 0.573 bits per heavy atom. The third kappa shape index (κ3) is 14.2. The minimum Gasteiger partial charge on any atom is -0.494 e. The molecular formula is C61H61F2N19O7. The van der Waals surface area contributed by atoms with Gasteiger partial charge in [0.05, 0.1) is 80.6 Å². The van der Waals surface area contributed by atoms with E-state index in [9.17, 15) is 13.6 Å². The van der Waals surface area contributed by atoms with Gasteiger partial charge in [-0.05, 0) is 79.1 Å². The minimum absolute atomic E-state index is 0.0143. The van der Waals surface area contributed by atoms with Crippen LogP contribution >= 0.6 is 0 Å². The molecule has 1 fully saturated rings. The third-order valence-electron chi connectivity index (χ3n) is 13.5. The summed E-state index contributed by atoms with van der Waals surface area (Å²) >= 11 is 0. The molecule has 0 bridgehead atoms. The molecule has 5 N–H and O–H groups in total. The minimum atomic E-state index is -0.744. The smallest absolute Gasteiger partial charge is 0.257 e. The monoisotopic (exact) mass is 1210 g/mol. The normalized spacial score (nSPS) is 13.8. The molecule has 1 aliphatic heterocycles. The quantitative estimate of drug-likeness (QED) is 0.0535. The first-order chi connectivity index (χ1) is 43.3. The molecular weight excluding hydrogens is 1150 g/mol. The van der Waals surface area contributed by atoms with Crippen LogP contribution in [-0.4, -0.2) is 125 Å². The van der Waals surface area contributed by atoms with Gasteiger partial charge in [-0.25, -0.2) is 34.2 Å². The van der Waals surface area contributed by atoms with Gasteiger partial charge in [0.15, 0.2) is 46.8 Å². The van der Waals surface area contributed by atoms with E-state index in [0.717, 1.165) is 53.1 Å². The number of hydrogen-bond donors (Lipinski definition) is 5.